The maximum absolute atomic E-state index is 5.30. The summed E-state index contributed by atoms with van der Waals surface area (Å²) in [4.78, 5) is 6.71. The zero-order valence-electron chi connectivity index (χ0n) is 11.0. The van der Waals surface area contributed by atoms with E-state index in [2.05, 4.69) is 53.9 Å². The van der Waals surface area contributed by atoms with Crippen LogP contribution in [0.1, 0.15) is 18.4 Å². The topological polar surface area (TPSA) is 25.4 Å². The van der Waals surface area contributed by atoms with Gasteiger partial charge in [-0.2, -0.15) is 0 Å². The lowest BCUT2D eigenvalue weighted by Crippen LogP contribution is -2.32. The Morgan fingerprint density at radius 1 is 1.47 bits per heavy atom. The minimum absolute atomic E-state index is 0.667. The van der Waals surface area contributed by atoms with Gasteiger partial charge in [0.2, 0.25) is 5.88 Å². The summed E-state index contributed by atoms with van der Waals surface area (Å²) in [5.41, 5.74) is 1.17. The van der Waals surface area contributed by atoms with Crippen molar-refractivity contribution in [2.45, 2.75) is 19.4 Å². The van der Waals surface area contributed by atoms with E-state index in [1.54, 1.807) is 13.3 Å². The molecule has 0 saturated carbocycles. The number of methoxy groups -OCH3 is 1. The van der Waals surface area contributed by atoms with Crippen LogP contribution in [0.2, 0.25) is 0 Å². The van der Waals surface area contributed by atoms with Crippen LogP contribution >= 0.6 is 31.9 Å². The van der Waals surface area contributed by atoms with Crippen molar-refractivity contribution < 1.29 is 4.74 Å². The third-order valence-electron chi connectivity index (χ3n) is 3.43. The summed E-state index contributed by atoms with van der Waals surface area (Å²) in [5, 5.41) is 0. The van der Waals surface area contributed by atoms with Crippen LogP contribution in [0.3, 0.4) is 0 Å². The molecule has 1 saturated heterocycles. The largest absolute Gasteiger partial charge is 0.481 e. The highest BCUT2D eigenvalue weighted by Crippen LogP contribution is 2.26. The van der Waals surface area contributed by atoms with Crippen molar-refractivity contribution in [1.29, 1.82) is 0 Å². The molecule has 2 heterocycles. The summed E-state index contributed by atoms with van der Waals surface area (Å²) in [6.07, 6.45) is 6.42. The van der Waals surface area contributed by atoms with Crippen LogP contribution in [-0.4, -0.2) is 30.1 Å². The second-order valence-electron chi connectivity index (χ2n) is 4.74. The number of likely N-dealkylation sites (tertiary alicyclic amines) is 1. The minimum Gasteiger partial charge on any atom is -0.481 e. The summed E-state index contributed by atoms with van der Waals surface area (Å²) in [7, 11) is 1.68. The van der Waals surface area contributed by atoms with Gasteiger partial charge in [0.1, 0.15) is 0 Å². The van der Waals surface area contributed by atoms with Crippen LogP contribution in [0.15, 0.2) is 27.8 Å². The Morgan fingerprint density at radius 3 is 2.84 bits per heavy atom. The van der Waals surface area contributed by atoms with E-state index >= 15 is 0 Å². The first-order chi connectivity index (χ1) is 9.19. The van der Waals surface area contributed by atoms with E-state index < -0.39 is 0 Å². The first kappa shape index (κ1) is 15.0. The van der Waals surface area contributed by atoms with Crippen molar-refractivity contribution in [1.82, 2.24) is 9.88 Å². The second-order valence-corrected chi connectivity index (χ2v) is 7.51. The van der Waals surface area contributed by atoms with Crippen molar-refractivity contribution in [2.24, 2.45) is 5.92 Å². The number of rotatable bonds is 4. The molecule has 0 spiro atoms. The van der Waals surface area contributed by atoms with E-state index in [1.165, 1.54) is 18.4 Å². The summed E-state index contributed by atoms with van der Waals surface area (Å²) in [6, 6.07) is 4.06. The quantitative estimate of drug-likeness (QED) is 0.779. The number of hydrogen-bond acceptors (Lipinski definition) is 3. The molecule has 1 aromatic heterocycles. The van der Waals surface area contributed by atoms with Crippen LogP contribution in [0, 0.1) is 5.92 Å². The molecule has 0 radical (unpaired) electrons. The predicted octanol–water partition coefficient (Wildman–Crippen LogP) is 3.93. The van der Waals surface area contributed by atoms with Gasteiger partial charge in [0.15, 0.2) is 0 Å². The van der Waals surface area contributed by atoms with Gasteiger partial charge < -0.3 is 4.74 Å². The van der Waals surface area contributed by atoms with Crippen molar-refractivity contribution in [2.75, 3.05) is 20.2 Å². The highest BCUT2D eigenvalue weighted by molar-refractivity contribution is 9.28. The Bertz CT molecular complexity index is 439. The Hall–Kier alpha value is -0.390. The van der Waals surface area contributed by atoms with Gasteiger partial charge in [-0.3, -0.25) is 4.90 Å². The number of ether oxygens (including phenoxy) is 1. The minimum atomic E-state index is 0.667. The van der Waals surface area contributed by atoms with Crippen molar-refractivity contribution in [3.05, 3.63) is 33.4 Å². The summed E-state index contributed by atoms with van der Waals surface area (Å²) in [5.74, 6) is 1.41. The monoisotopic (exact) mass is 388 g/mol. The van der Waals surface area contributed by atoms with Crippen LogP contribution < -0.4 is 4.74 Å². The van der Waals surface area contributed by atoms with E-state index in [4.69, 9.17) is 4.74 Å². The molecule has 0 aromatic carbocycles. The molecule has 104 valence electrons. The van der Waals surface area contributed by atoms with Crippen molar-refractivity contribution >= 4 is 31.9 Å². The van der Waals surface area contributed by atoms with Gasteiger partial charge in [-0.15, -0.1) is 0 Å². The number of piperidine rings is 1. The molecule has 0 unspecified atom stereocenters. The molecule has 0 atom stereocenters. The molecule has 0 amide bonds. The molecule has 0 N–H and O–H groups in total. The number of allylic oxidation sites excluding steroid dienone is 1. The van der Waals surface area contributed by atoms with Gasteiger partial charge in [-0.1, -0.05) is 12.1 Å². The van der Waals surface area contributed by atoms with Crippen LogP contribution in [0.5, 0.6) is 5.88 Å². The second kappa shape index (κ2) is 7.41. The summed E-state index contributed by atoms with van der Waals surface area (Å²) < 4.78 is 6.36. The van der Waals surface area contributed by atoms with E-state index in [1.807, 2.05) is 6.07 Å². The molecule has 2 rings (SSSR count). The molecular formula is C14H18Br2N2O. The average Bonchev–Trinajstić information content (AvgIpc) is 2.41. The molecule has 0 aliphatic carbocycles. The molecule has 1 aliphatic rings. The molecule has 1 aromatic rings. The Balaban J connectivity index is 1.90. The van der Waals surface area contributed by atoms with Crippen molar-refractivity contribution in [3.63, 3.8) is 0 Å². The van der Waals surface area contributed by atoms with Crippen molar-refractivity contribution in [3.8, 4) is 5.88 Å². The first-order valence-electron chi connectivity index (χ1n) is 6.42. The normalized spacial score (nSPS) is 17.2. The number of pyridine rings is 1. The highest BCUT2D eigenvalue weighted by atomic mass is 79.9. The molecule has 3 nitrogen and oxygen atoms in total. The van der Waals surface area contributed by atoms with E-state index in [0.29, 0.717) is 5.92 Å². The lowest BCUT2D eigenvalue weighted by molar-refractivity contribution is 0.193. The van der Waals surface area contributed by atoms with Gasteiger partial charge in [0.05, 0.1) is 10.5 Å². The average molecular weight is 390 g/mol. The van der Waals surface area contributed by atoms with Gasteiger partial charge in [0, 0.05) is 18.3 Å². The van der Waals surface area contributed by atoms with Crippen LogP contribution in [-0.2, 0) is 6.54 Å². The summed E-state index contributed by atoms with van der Waals surface area (Å²) in [6.45, 7) is 3.15. The highest BCUT2D eigenvalue weighted by Gasteiger charge is 2.19. The van der Waals surface area contributed by atoms with Gasteiger partial charge in [0.25, 0.3) is 0 Å². The predicted molar refractivity (Wildman–Crippen MR) is 84.7 cm³/mol. The van der Waals surface area contributed by atoms with Crippen LogP contribution in [0.25, 0.3) is 0 Å². The Morgan fingerprint density at radius 2 is 2.21 bits per heavy atom. The zero-order valence-corrected chi connectivity index (χ0v) is 14.2. The third-order valence-corrected chi connectivity index (χ3v) is 3.96. The van der Waals surface area contributed by atoms with E-state index in [-0.39, 0.29) is 0 Å². The SMILES string of the molecule is COc1ncccc1CN1CCC(C=C(Br)Br)CC1. The smallest absolute Gasteiger partial charge is 0.217 e. The fraction of sp³-hybridized carbons (Fsp3) is 0.500. The van der Waals surface area contributed by atoms with Gasteiger partial charge in [-0.25, -0.2) is 4.98 Å². The molecule has 5 heteroatoms. The molecular weight excluding hydrogens is 372 g/mol. The van der Waals surface area contributed by atoms with Gasteiger partial charge in [-0.05, 0) is 69.8 Å². The van der Waals surface area contributed by atoms with Gasteiger partial charge >= 0.3 is 0 Å². The van der Waals surface area contributed by atoms with Crippen LogP contribution in [0.4, 0.5) is 0 Å². The standard InChI is InChI=1S/C14H18Br2N2O/c1-19-14-12(3-2-6-17-14)10-18-7-4-11(5-8-18)9-13(15)16/h2-3,6,9,11H,4-5,7-8,10H2,1H3. The molecule has 19 heavy (non-hydrogen) atoms. The Kier molecular flexibility index (Phi) is 5.85. The number of aromatic nitrogens is 1. The fourth-order valence-corrected chi connectivity index (χ4v) is 3.17. The maximum atomic E-state index is 5.30. The van der Waals surface area contributed by atoms with E-state index in [0.717, 1.165) is 28.9 Å². The Labute approximate surface area is 131 Å². The molecule has 1 aliphatic heterocycles. The zero-order chi connectivity index (χ0) is 13.7. The lowest BCUT2D eigenvalue weighted by Gasteiger charge is -2.30. The number of nitrogens with zero attached hydrogens (tertiary/aromatic N) is 2. The maximum Gasteiger partial charge on any atom is 0.217 e. The van der Waals surface area contributed by atoms with E-state index in [9.17, 15) is 0 Å². The lowest BCUT2D eigenvalue weighted by atomic mass is 9.97. The molecule has 1 fully saturated rings. The molecule has 0 bridgehead atoms. The number of hydrogen-bond donors (Lipinski definition) is 0. The fourth-order valence-electron chi connectivity index (χ4n) is 2.43. The summed E-state index contributed by atoms with van der Waals surface area (Å²) >= 11 is 6.87. The number of halogens is 2. The third kappa shape index (κ3) is 4.58. The first-order valence-corrected chi connectivity index (χ1v) is 8.00.